The lowest BCUT2D eigenvalue weighted by Crippen LogP contribution is -2.17. The topological polar surface area (TPSA) is 58.6 Å². The van der Waals surface area contributed by atoms with Gasteiger partial charge >= 0.3 is 5.97 Å². The number of carbonyl (C=O) groups excluding carboxylic acids is 1. The summed E-state index contributed by atoms with van der Waals surface area (Å²) in [5.74, 6) is -0.0353. The first-order valence-electron chi connectivity index (χ1n) is 9.78. The Morgan fingerprint density at radius 2 is 1.43 bits per heavy atom. The summed E-state index contributed by atoms with van der Waals surface area (Å²) in [5, 5.41) is 12.0. The summed E-state index contributed by atoms with van der Waals surface area (Å²) >= 11 is 0. The molecule has 0 aliphatic rings. The van der Waals surface area contributed by atoms with Gasteiger partial charge in [0.1, 0.15) is 0 Å². The Morgan fingerprint density at radius 1 is 0.826 bits per heavy atom. The minimum atomic E-state index is -0.0353. The summed E-state index contributed by atoms with van der Waals surface area (Å²) in [6.45, 7) is 5.08. The standard InChI is InChI=1S/C19H39NO3/c1-2-3-4-5-6-7-13-18-23-19(22)14-9-8-10-15-20-16-11-12-17-21/h20-21H,2-18H2,1H3. The maximum Gasteiger partial charge on any atom is 0.305 e. The third-order valence-electron chi connectivity index (χ3n) is 4.01. The van der Waals surface area contributed by atoms with Gasteiger partial charge in [0.2, 0.25) is 0 Å². The summed E-state index contributed by atoms with van der Waals surface area (Å²) < 4.78 is 5.26. The smallest absolute Gasteiger partial charge is 0.305 e. The number of aliphatic hydroxyl groups is 1. The molecule has 23 heavy (non-hydrogen) atoms. The fraction of sp³-hybridized carbons (Fsp3) is 0.947. The molecule has 0 spiro atoms. The lowest BCUT2D eigenvalue weighted by Gasteiger charge is -2.06. The SMILES string of the molecule is CCCCCCCCCOC(=O)CCCCCNCCCCO. The van der Waals surface area contributed by atoms with E-state index in [4.69, 9.17) is 9.84 Å². The number of carbonyl (C=O) groups is 1. The Morgan fingerprint density at radius 3 is 2.13 bits per heavy atom. The first kappa shape index (κ1) is 22.4. The van der Waals surface area contributed by atoms with Crippen LogP contribution in [0, 0.1) is 0 Å². The molecule has 0 saturated carbocycles. The molecule has 0 atom stereocenters. The van der Waals surface area contributed by atoms with Crippen molar-refractivity contribution in [3.8, 4) is 0 Å². The molecule has 4 heteroatoms. The van der Waals surface area contributed by atoms with Crippen molar-refractivity contribution in [3.63, 3.8) is 0 Å². The Labute approximate surface area is 143 Å². The monoisotopic (exact) mass is 329 g/mol. The number of ether oxygens (including phenoxy) is 1. The summed E-state index contributed by atoms with van der Waals surface area (Å²) in [5.41, 5.74) is 0. The molecule has 0 aromatic carbocycles. The zero-order valence-electron chi connectivity index (χ0n) is 15.3. The van der Waals surface area contributed by atoms with Crippen LogP contribution < -0.4 is 5.32 Å². The van der Waals surface area contributed by atoms with Crippen LogP contribution >= 0.6 is 0 Å². The third-order valence-corrected chi connectivity index (χ3v) is 4.01. The predicted octanol–water partition coefficient (Wildman–Crippen LogP) is 4.20. The van der Waals surface area contributed by atoms with Gasteiger partial charge in [0, 0.05) is 13.0 Å². The number of unbranched alkanes of at least 4 members (excludes halogenated alkanes) is 9. The Hall–Kier alpha value is -0.610. The fourth-order valence-corrected chi connectivity index (χ4v) is 2.50. The van der Waals surface area contributed by atoms with Gasteiger partial charge in [-0.3, -0.25) is 4.79 Å². The first-order chi connectivity index (χ1) is 11.3. The molecule has 138 valence electrons. The van der Waals surface area contributed by atoms with Gasteiger partial charge < -0.3 is 15.2 Å². The van der Waals surface area contributed by atoms with Crippen LogP contribution in [0.5, 0.6) is 0 Å². The molecule has 0 aliphatic carbocycles. The molecule has 0 rings (SSSR count). The molecule has 0 bridgehead atoms. The molecule has 2 N–H and O–H groups in total. The predicted molar refractivity (Wildman–Crippen MR) is 96.6 cm³/mol. The zero-order chi connectivity index (χ0) is 17.0. The summed E-state index contributed by atoms with van der Waals surface area (Å²) in [4.78, 5) is 11.6. The highest BCUT2D eigenvalue weighted by Gasteiger charge is 2.02. The number of aliphatic hydroxyl groups excluding tert-OH is 1. The van der Waals surface area contributed by atoms with E-state index in [1.54, 1.807) is 0 Å². The zero-order valence-corrected chi connectivity index (χ0v) is 15.3. The highest BCUT2D eigenvalue weighted by atomic mass is 16.5. The van der Waals surface area contributed by atoms with Crippen LogP contribution in [-0.2, 0) is 9.53 Å². The molecular formula is C19H39NO3. The molecule has 0 aromatic rings. The van der Waals surface area contributed by atoms with Crippen molar-refractivity contribution in [2.45, 2.75) is 90.4 Å². The van der Waals surface area contributed by atoms with Crippen molar-refractivity contribution >= 4 is 5.97 Å². The molecule has 4 nitrogen and oxygen atoms in total. The molecule has 0 aliphatic heterocycles. The highest BCUT2D eigenvalue weighted by molar-refractivity contribution is 5.69. The van der Waals surface area contributed by atoms with Gasteiger partial charge in [-0.2, -0.15) is 0 Å². The first-order valence-corrected chi connectivity index (χ1v) is 9.78. The van der Waals surface area contributed by atoms with Crippen LogP contribution in [0.3, 0.4) is 0 Å². The van der Waals surface area contributed by atoms with E-state index in [2.05, 4.69) is 12.2 Å². The van der Waals surface area contributed by atoms with Gasteiger partial charge in [-0.1, -0.05) is 51.9 Å². The molecule has 0 radical (unpaired) electrons. The van der Waals surface area contributed by atoms with E-state index in [9.17, 15) is 4.79 Å². The quantitative estimate of drug-likeness (QED) is 0.292. The lowest BCUT2D eigenvalue weighted by atomic mass is 10.1. The van der Waals surface area contributed by atoms with E-state index in [-0.39, 0.29) is 12.6 Å². The minimum absolute atomic E-state index is 0.0353. The van der Waals surface area contributed by atoms with Crippen molar-refractivity contribution in [2.24, 2.45) is 0 Å². The van der Waals surface area contributed by atoms with E-state index in [0.717, 1.165) is 51.6 Å². The van der Waals surface area contributed by atoms with Crippen molar-refractivity contribution in [1.29, 1.82) is 0 Å². The Kier molecular flexibility index (Phi) is 18.9. The summed E-state index contributed by atoms with van der Waals surface area (Å²) in [6, 6.07) is 0. The van der Waals surface area contributed by atoms with E-state index >= 15 is 0 Å². The molecule has 0 amide bonds. The number of hydrogen-bond acceptors (Lipinski definition) is 4. The van der Waals surface area contributed by atoms with E-state index in [1.807, 2.05) is 0 Å². The van der Waals surface area contributed by atoms with Crippen molar-refractivity contribution in [3.05, 3.63) is 0 Å². The fourth-order valence-electron chi connectivity index (χ4n) is 2.50. The average Bonchev–Trinajstić information content (AvgIpc) is 2.56. The van der Waals surface area contributed by atoms with Crippen LogP contribution in [0.4, 0.5) is 0 Å². The lowest BCUT2D eigenvalue weighted by molar-refractivity contribution is -0.143. The van der Waals surface area contributed by atoms with E-state index < -0.39 is 0 Å². The Balaban J connectivity index is 3.13. The number of hydrogen-bond donors (Lipinski definition) is 2. The van der Waals surface area contributed by atoms with E-state index in [0.29, 0.717) is 13.0 Å². The van der Waals surface area contributed by atoms with Gasteiger partial charge in [0.05, 0.1) is 6.61 Å². The highest BCUT2D eigenvalue weighted by Crippen LogP contribution is 2.07. The van der Waals surface area contributed by atoms with Gasteiger partial charge in [0.25, 0.3) is 0 Å². The maximum atomic E-state index is 11.6. The second-order valence-electron chi connectivity index (χ2n) is 6.33. The molecule has 0 heterocycles. The van der Waals surface area contributed by atoms with Gasteiger partial charge in [-0.05, 0) is 45.2 Å². The summed E-state index contributed by atoms with van der Waals surface area (Å²) in [6.07, 6.45) is 14.3. The van der Waals surface area contributed by atoms with Gasteiger partial charge in [-0.25, -0.2) is 0 Å². The molecule has 0 saturated heterocycles. The maximum absolute atomic E-state index is 11.6. The van der Waals surface area contributed by atoms with Crippen LogP contribution in [0.2, 0.25) is 0 Å². The van der Waals surface area contributed by atoms with Crippen LogP contribution in [-0.4, -0.2) is 37.4 Å². The average molecular weight is 330 g/mol. The molecule has 0 fully saturated rings. The largest absolute Gasteiger partial charge is 0.466 e. The summed E-state index contributed by atoms with van der Waals surface area (Å²) in [7, 11) is 0. The van der Waals surface area contributed by atoms with Crippen molar-refractivity contribution in [1.82, 2.24) is 5.32 Å². The molecule has 0 unspecified atom stereocenters. The second kappa shape index (κ2) is 19.4. The minimum Gasteiger partial charge on any atom is -0.466 e. The third kappa shape index (κ3) is 19.3. The molecular weight excluding hydrogens is 290 g/mol. The van der Waals surface area contributed by atoms with Gasteiger partial charge in [-0.15, -0.1) is 0 Å². The number of nitrogens with one attached hydrogen (secondary N) is 1. The van der Waals surface area contributed by atoms with Crippen molar-refractivity contribution < 1.29 is 14.6 Å². The van der Waals surface area contributed by atoms with Crippen LogP contribution in [0.15, 0.2) is 0 Å². The molecule has 0 aromatic heterocycles. The van der Waals surface area contributed by atoms with Crippen molar-refractivity contribution in [2.75, 3.05) is 26.3 Å². The second-order valence-corrected chi connectivity index (χ2v) is 6.33. The van der Waals surface area contributed by atoms with Crippen LogP contribution in [0.25, 0.3) is 0 Å². The normalized spacial score (nSPS) is 10.9. The Bertz CT molecular complexity index is 247. The van der Waals surface area contributed by atoms with Gasteiger partial charge in [0.15, 0.2) is 0 Å². The number of esters is 1. The number of rotatable bonds is 18. The van der Waals surface area contributed by atoms with E-state index in [1.165, 1.54) is 38.5 Å². The van der Waals surface area contributed by atoms with Crippen LogP contribution in [0.1, 0.15) is 90.4 Å².